The largest absolute Gasteiger partial charge is 0.481 e. The van der Waals surface area contributed by atoms with E-state index in [0.717, 1.165) is 11.4 Å². The average Bonchev–Trinajstić information content (AvgIpc) is 2.86. The predicted octanol–water partition coefficient (Wildman–Crippen LogP) is 2.46. The van der Waals surface area contributed by atoms with Crippen LogP contribution < -0.4 is 4.90 Å². The molecule has 1 heterocycles. The van der Waals surface area contributed by atoms with E-state index < -0.39 is 5.97 Å². The molecule has 0 aliphatic rings. The van der Waals surface area contributed by atoms with Gasteiger partial charge in [-0.15, -0.1) is 0 Å². The molecule has 0 aliphatic carbocycles. The highest BCUT2D eigenvalue weighted by Gasteiger charge is 2.19. The molecule has 106 valence electrons. The molecule has 20 heavy (non-hydrogen) atoms. The molecule has 0 saturated carbocycles. The lowest BCUT2D eigenvalue weighted by Gasteiger charge is -2.31. The van der Waals surface area contributed by atoms with Gasteiger partial charge in [0.2, 0.25) is 0 Å². The lowest BCUT2D eigenvalue weighted by Crippen LogP contribution is -2.30. The molecule has 0 aliphatic heterocycles. The van der Waals surface area contributed by atoms with E-state index >= 15 is 0 Å². The predicted molar refractivity (Wildman–Crippen MR) is 77.7 cm³/mol. The molecule has 0 bridgehead atoms. The van der Waals surface area contributed by atoms with Crippen LogP contribution in [-0.4, -0.2) is 27.4 Å². The van der Waals surface area contributed by atoms with Gasteiger partial charge < -0.3 is 10.0 Å². The number of benzene rings is 1. The first-order valence-electron chi connectivity index (χ1n) is 6.61. The average molecular weight is 273 g/mol. The number of aliphatic carboxylic acids is 1. The summed E-state index contributed by atoms with van der Waals surface area (Å²) in [6.07, 6.45) is 1.86. The van der Waals surface area contributed by atoms with Gasteiger partial charge in [0.25, 0.3) is 0 Å². The summed E-state index contributed by atoms with van der Waals surface area (Å²) in [5.74, 6) is -0.789. The van der Waals surface area contributed by atoms with Crippen LogP contribution in [0.4, 0.5) is 5.69 Å². The summed E-state index contributed by atoms with van der Waals surface area (Å²) in [4.78, 5) is 13.0. The van der Waals surface area contributed by atoms with E-state index in [2.05, 4.69) is 16.9 Å². The fourth-order valence-electron chi connectivity index (χ4n) is 2.34. The number of carbonyl (C=O) groups is 1. The molecule has 1 aromatic heterocycles. The van der Waals surface area contributed by atoms with Gasteiger partial charge in [-0.2, -0.15) is 5.10 Å². The van der Waals surface area contributed by atoms with Gasteiger partial charge in [-0.05, 0) is 25.1 Å². The molecule has 1 unspecified atom stereocenters. The van der Waals surface area contributed by atoms with Crippen molar-refractivity contribution in [3.05, 3.63) is 48.3 Å². The smallest absolute Gasteiger partial charge is 0.305 e. The van der Waals surface area contributed by atoms with Crippen molar-refractivity contribution >= 4 is 11.7 Å². The van der Waals surface area contributed by atoms with Gasteiger partial charge in [0.05, 0.1) is 18.2 Å². The van der Waals surface area contributed by atoms with Crippen LogP contribution in [0.3, 0.4) is 0 Å². The summed E-state index contributed by atoms with van der Waals surface area (Å²) in [5, 5.41) is 13.1. The Labute approximate surface area is 118 Å². The van der Waals surface area contributed by atoms with Crippen LogP contribution in [0.25, 0.3) is 0 Å². The Morgan fingerprint density at radius 2 is 2.05 bits per heavy atom. The SMILES string of the molecule is CC(c1ccnn1C)N(CCC(=O)O)c1ccccc1. The first-order chi connectivity index (χ1) is 9.59. The highest BCUT2D eigenvalue weighted by molar-refractivity contribution is 5.67. The molecular formula is C15H19N3O2. The normalized spacial score (nSPS) is 12.1. The van der Waals surface area contributed by atoms with Crippen LogP contribution in [0.15, 0.2) is 42.6 Å². The van der Waals surface area contributed by atoms with E-state index in [1.54, 1.807) is 6.20 Å². The van der Waals surface area contributed by atoms with E-state index in [-0.39, 0.29) is 12.5 Å². The van der Waals surface area contributed by atoms with Crippen LogP contribution in [0.5, 0.6) is 0 Å². The van der Waals surface area contributed by atoms with Crippen molar-refractivity contribution in [1.82, 2.24) is 9.78 Å². The third-order valence-corrected chi connectivity index (χ3v) is 3.41. The summed E-state index contributed by atoms with van der Waals surface area (Å²) >= 11 is 0. The van der Waals surface area contributed by atoms with E-state index in [9.17, 15) is 4.79 Å². The summed E-state index contributed by atoms with van der Waals surface area (Å²) in [6, 6.07) is 11.9. The van der Waals surface area contributed by atoms with Crippen molar-refractivity contribution in [1.29, 1.82) is 0 Å². The van der Waals surface area contributed by atoms with Crippen LogP contribution >= 0.6 is 0 Å². The molecule has 0 amide bonds. The van der Waals surface area contributed by atoms with E-state index in [4.69, 9.17) is 5.11 Å². The van der Waals surface area contributed by atoms with Crippen molar-refractivity contribution in [2.75, 3.05) is 11.4 Å². The van der Waals surface area contributed by atoms with Gasteiger partial charge in [0.1, 0.15) is 0 Å². The van der Waals surface area contributed by atoms with Gasteiger partial charge in [-0.1, -0.05) is 18.2 Å². The monoisotopic (exact) mass is 273 g/mol. The Morgan fingerprint density at radius 1 is 1.35 bits per heavy atom. The number of hydrogen-bond acceptors (Lipinski definition) is 3. The van der Waals surface area contributed by atoms with Crippen molar-refractivity contribution in [2.24, 2.45) is 7.05 Å². The minimum Gasteiger partial charge on any atom is -0.481 e. The number of nitrogens with zero attached hydrogens (tertiary/aromatic N) is 3. The summed E-state index contributed by atoms with van der Waals surface area (Å²) in [5.41, 5.74) is 2.07. The Hall–Kier alpha value is -2.30. The Morgan fingerprint density at radius 3 is 2.60 bits per heavy atom. The number of hydrogen-bond donors (Lipinski definition) is 1. The van der Waals surface area contributed by atoms with E-state index in [0.29, 0.717) is 6.54 Å². The number of rotatable bonds is 6. The Kier molecular flexibility index (Phi) is 4.40. The minimum atomic E-state index is -0.789. The molecule has 5 heteroatoms. The van der Waals surface area contributed by atoms with Gasteiger partial charge in [-0.3, -0.25) is 9.48 Å². The zero-order chi connectivity index (χ0) is 14.5. The summed E-state index contributed by atoms with van der Waals surface area (Å²) < 4.78 is 1.82. The first kappa shape index (κ1) is 14.1. The topological polar surface area (TPSA) is 58.4 Å². The first-order valence-corrected chi connectivity index (χ1v) is 6.61. The van der Waals surface area contributed by atoms with Gasteiger partial charge >= 0.3 is 5.97 Å². The molecule has 2 rings (SSSR count). The fourth-order valence-corrected chi connectivity index (χ4v) is 2.34. The number of para-hydroxylation sites is 1. The molecular weight excluding hydrogens is 254 g/mol. The summed E-state index contributed by atoms with van der Waals surface area (Å²) in [7, 11) is 1.90. The summed E-state index contributed by atoms with van der Waals surface area (Å²) in [6.45, 7) is 2.53. The molecule has 0 fully saturated rings. The third kappa shape index (κ3) is 3.17. The molecule has 0 saturated heterocycles. The maximum absolute atomic E-state index is 10.9. The maximum atomic E-state index is 10.9. The second kappa shape index (κ2) is 6.23. The van der Waals surface area contributed by atoms with E-state index in [1.807, 2.05) is 48.1 Å². The van der Waals surface area contributed by atoms with Crippen molar-refractivity contribution in [3.8, 4) is 0 Å². The number of carboxylic acid groups (broad SMARTS) is 1. The molecule has 1 atom stereocenters. The highest BCUT2D eigenvalue weighted by atomic mass is 16.4. The van der Waals surface area contributed by atoms with E-state index in [1.165, 1.54) is 0 Å². The Bertz CT molecular complexity index is 566. The molecule has 0 spiro atoms. The van der Waals surface area contributed by atoms with Crippen molar-refractivity contribution in [2.45, 2.75) is 19.4 Å². The maximum Gasteiger partial charge on any atom is 0.305 e. The zero-order valence-electron chi connectivity index (χ0n) is 11.7. The van der Waals surface area contributed by atoms with Crippen molar-refractivity contribution < 1.29 is 9.90 Å². The lowest BCUT2D eigenvalue weighted by atomic mass is 10.1. The second-order valence-corrected chi connectivity index (χ2v) is 4.73. The number of carboxylic acids is 1. The highest BCUT2D eigenvalue weighted by Crippen LogP contribution is 2.26. The quantitative estimate of drug-likeness (QED) is 0.878. The number of anilines is 1. The van der Waals surface area contributed by atoms with Crippen LogP contribution in [0.2, 0.25) is 0 Å². The number of aromatic nitrogens is 2. The molecule has 0 radical (unpaired) electrons. The fraction of sp³-hybridized carbons (Fsp3) is 0.333. The molecule has 1 N–H and O–H groups in total. The standard InChI is InChI=1S/C15H19N3O2/c1-12(14-8-10-16-17(14)2)18(11-9-15(19)20)13-6-4-3-5-7-13/h3-8,10,12H,9,11H2,1-2H3,(H,19,20). The minimum absolute atomic E-state index is 0.0595. The van der Waals surface area contributed by atoms with Gasteiger partial charge in [-0.25, -0.2) is 0 Å². The third-order valence-electron chi connectivity index (χ3n) is 3.41. The second-order valence-electron chi connectivity index (χ2n) is 4.73. The van der Waals surface area contributed by atoms with Gasteiger partial charge in [0.15, 0.2) is 0 Å². The molecule has 2 aromatic rings. The Balaban J connectivity index is 2.26. The lowest BCUT2D eigenvalue weighted by molar-refractivity contribution is -0.136. The van der Waals surface area contributed by atoms with Crippen LogP contribution in [0.1, 0.15) is 25.1 Å². The molecule has 5 nitrogen and oxygen atoms in total. The van der Waals surface area contributed by atoms with Crippen LogP contribution in [-0.2, 0) is 11.8 Å². The molecule has 1 aromatic carbocycles. The van der Waals surface area contributed by atoms with Gasteiger partial charge in [0, 0.05) is 25.5 Å². The van der Waals surface area contributed by atoms with Crippen molar-refractivity contribution in [3.63, 3.8) is 0 Å². The number of aryl methyl sites for hydroxylation is 1. The zero-order valence-corrected chi connectivity index (χ0v) is 11.7. The van der Waals surface area contributed by atoms with Crippen LogP contribution in [0, 0.1) is 0 Å².